The predicted octanol–water partition coefficient (Wildman–Crippen LogP) is 2.96. The van der Waals surface area contributed by atoms with Crippen molar-refractivity contribution in [2.75, 3.05) is 26.7 Å². The molecule has 1 aromatic rings. The first-order chi connectivity index (χ1) is 12.8. The average molecular weight is 373 g/mol. The molecule has 1 amide bonds. The molecule has 1 fully saturated rings. The largest absolute Gasteiger partial charge is 0.497 e. The van der Waals surface area contributed by atoms with Gasteiger partial charge in [0.2, 0.25) is 5.60 Å². The predicted molar refractivity (Wildman–Crippen MR) is 106 cm³/mol. The summed E-state index contributed by atoms with van der Waals surface area (Å²) in [5.41, 5.74) is 0.432. The monoisotopic (exact) mass is 373 g/mol. The van der Waals surface area contributed by atoms with Crippen molar-refractivity contribution < 1.29 is 14.4 Å². The summed E-state index contributed by atoms with van der Waals surface area (Å²) in [4.78, 5) is 21.0. The van der Waals surface area contributed by atoms with Gasteiger partial charge in [-0.25, -0.2) is 0 Å². The highest BCUT2D eigenvalue weighted by atomic mass is 16.7. The summed E-state index contributed by atoms with van der Waals surface area (Å²) in [5.74, 6) is 0.676. The number of carbonyl (C=O) groups is 1. The Hall–Kier alpha value is -2.08. The summed E-state index contributed by atoms with van der Waals surface area (Å²) in [6, 6.07) is 7.64. The van der Waals surface area contributed by atoms with Crippen molar-refractivity contribution in [2.45, 2.75) is 57.6 Å². The van der Waals surface area contributed by atoms with Gasteiger partial charge in [0, 0.05) is 18.5 Å². The number of hydrogen-bond acceptors (Lipinski definition) is 5. The van der Waals surface area contributed by atoms with Crippen molar-refractivity contribution in [3.8, 4) is 5.75 Å². The summed E-state index contributed by atoms with van der Waals surface area (Å²) in [5, 5.41) is 7.36. The molecule has 1 saturated heterocycles. The zero-order chi connectivity index (χ0) is 19.5. The Bertz CT molecular complexity index is 693. The lowest BCUT2D eigenvalue weighted by atomic mass is 9.93. The Morgan fingerprint density at radius 2 is 1.93 bits per heavy atom. The molecule has 1 unspecified atom stereocenters. The summed E-state index contributed by atoms with van der Waals surface area (Å²) >= 11 is 0. The zero-order valence-corrected chi connectivity index (χ0v) is 16.9. The Morgan fingerprint density at radius 1 is 1.26 bits per heavy atom. The van der Waals surface area contributed by atoms with E-state index in [-0.39, 0.29) is 11.4 Å². The van der Waals surface area contributed by atoms with Crippen molar-refractivity contribution in [3.63, 3.8) is 0 Å². The van der Waals surface area contributed by atoms with Crippen molar-refractivity contribution in [3.05, 3.63) is 29.8 Å². The molecular formula is C21H31N3O3. The zero-order valence-electron chi connectivity index (χ0n) is 16.9. The Balaban J connectivity index is 1.59. The van der Waals surface area contributed by atoms with Crippen molar-refractivity contribution in [1.29, 1.82) is 0 Å². The van der Waals surface area contributed by atoms with Gasteiger partial charge < -0.3 is 19.8 Å². The minimum absolute atomic E-state index is 0.114. The number of ether oxygens (including phenoxy) is 1. The molecule has 3 rings (SSSR count). The number of nitrogens with one attached hydrogen (secondary N) is 1. The minimum Gasteiger partial charge on any atom is -0.497 e. The fourth-order valence-corrected chi connectivity index (χ4v) is 3.76. The van der Waals surface area contributed by atoms with Gasteiger partial charge in [-0.1, -0.05) is 11.6 Å². The molecule has 0 bridgehead atoms. The first-order valence-corrected chi connectivity index (χ1v) is 9.76. The molecule has 0 aliphatic carbocycles. The lowest BCUT2D eigenvalue weighted by Gasteiger charge is -2.37. The standard InChI is InChI=1S/C21H31N3O3/c1-20(2,15-24-12-6-5-7-13-24)22-19(25)21(3)14-18(23-27-21)16-8-10-17(26-4)11-9-16/h8-11H,5-7,12-15H2,1-4H3,(H,22,25). The van der Waals surface area contributed by atoms with Gasteiger partial charge in [-0.2, -0.15) is 0 Å². The molecule has 27 heavy (non-hydrogen) atoms. The molecule has 1 atom stereocenters. The molecule has 0 aromatic heterocycles. The third kappa shape index (κ3) is 4.80. The van der Waals surface area contributed by atoms with Crippen LogP contribution in [0.15, 0.2) is 29.4 Å². The van der Waals surface area contributed by atoms with Gasteiger partial charge in [-0.3, -0.25) is 4.79 Å². The maximum Gasteiger partial charge on any atom is 0.267 e. The van der Waals surface area contributed by atoms with Crippen molar-refractivity contribution >= 4 is 11.6 Å². The Morgan fingerprint density at radius 3 is 2.56 bits per heavy atom. The number of piperidine rings is 1. The second-order valence-electron chi connectivity index (χ2n) is 8.44. The second kappa shape index (κ2) is 7.89. The van der Waals surface area contributed by atoms with E-state index in [2.05, 4.69) is 29.2 Å². The Kier molecular flexibility index (Phi) is 5.75. The van der Waals surface area contributed by atoms with Gasteiger partial charge in [0.15, 0.2) is 0 Å². The fraction of sp³-hybridized carbons (Fsp3) is 0.619. The van der Waals surface area contributed by atoms with Crippen LogP contribution in [0.25, 0.3) is 0 Å². The van der Waals surface area contributed by atoms with E-state index in [4.69, 9.17) is 9.57 Å². The first-order valence-electron chi connectivity index (χ1n) is 9.76. The smallest absolute Gasteiger partial charge is 0.267 e. The lowest BCUT2D eigenvalue weighted by molar-refractivity contribution is -0.143. The van der Waals surface area contributed by atoms with Crippen LogP contribution < -0.4 is 10.1 Å². The van der Waals surface area contributed by atoms with Crippen molar-refractivity contribution in [2.24, 2.45) is 5.16 Å². The summed E-state index contributed by atoms with van der Waals surface area (Å²) in [6.45, 7) is 9.02. The highest BCUT2D eigenvalue weighted by molar-refractivity contribution is 6.05. The van der Waals surface area contributed by atoms with Crippen LogP contribution in [0.2, 0.25) is 0 Å². The van der Waals surface area contributed by atoms with Crippen LogP contribution in [0.4, 0.5) is 0 Å². The normalized spacial score (nSPS) is 23.5. The number of likely N-dealkylation sites (tertiary alicyclic amines) is 1. The molecule has 2 heterocycles. The summed E-state index contributed by atoms with van der Waals surface area (Å²) in [7, 11) is 1.64. The molecular weight excluding hydrogens is 342 g/mol. The maximum absolute atomic E-state index is 13.0. The van der Waals surface area contributed by atoms with E-state index in [1.54, 1.807) is 14.0 Å². The number of carbonyl (C=O) groups excluding carboxylic acids is 1. The lowest BCUT2D eigenvalue weighted by Crippen LogP contribution is -2.57. The van der Waals surface area contributed by atoms with E-state index >= 15 is 0 Å². The molecule has 0 radical (unpaired) electrons. The van der Waals surface area contributed by atoms with E-state index in [0.29, 0.717) is 6.42 Å². The van der Waals surface area contributed by atoms with E-state index in [0.717, 1.165) is 36.7 Å². The van der Waals surface area contributed by atoms with Crippen LogP contribution in [0.3, 0.4) is 0 Å². The minimum atomic E-state index is -0.978. The molecule has 1 aromatic carbocycles. The highest BCUT2D eigenvalue weighted by Crippen LogP contribution is 2.28. The third-order valence-corrected chi connectivity index (χ3v) is 5.29. The van der Waals surface area contributed by atoms with Crippen LogP contribution >= 0.6 is 0 Å². The molecule has 0 spiro atoms. The van der Waals surface area contributed by atoms with Crippen LogP contribution in [-0.2, 0) is 9.63 Å². The molecule has 6 nitrogen and oxygen atoms in total. The number of methoxy groups -OCH3 is 1. The van der Waals surface area contributed by atoms with Gasteiger partial charge in [0.05, 0.1) is 12.8 Å². The first kappa shape index (κ1) is 19.7. The number of rotatable bonds is 6. The summed E-state index contributed by atoms with van der Waals surface area (Å²) < 4.78 is 5.19. The summed E-state index contributed by atoms with van der Waals surface area (Å²) in [6.07, 6.45) is 4.24. The number of hydrogen-bond donors (Lipinski definition) is 1. The van der Waals surface area contributed by atoms with E-state index < -0.39 is 5.60 Å². The number of oxime groups is 1. The van der Waals surface area contributed by atoms with E-state index in [1.165, 1.54) is 19.3 Å². The van der Waals surface area contributed by atoms with Gasteiger partial charge in [-0.05, 0) is 76.5 Å². The third-order valence-electron chi connectivity index (χ3n) is 5.29. The van der Waals surface area contributed by atoms with Gasteiger partial charge in [0.25, 0.3) is 5.91 Å². The topological polar surface area (TPSA) is 63.2 Å². The maximum atomic E-state index is 13.0. The number of nitrogens with zero attached hydrogens (tertiary/aromatic N) is 2. The van der Waals surface area contributed by atoms with Crippen LogP contribution in [0, 0.1) is 0 Å². The van der Waals surface area contributed by atoms with Gasteiger partial charge in [0.1, 0.15) is 5.75 Å². The van der Waals surface area contributed by atoms with Gasteiger partial charge >= 0.3 is 0 Å². The fourth-order valence-electron chi connectivity index (χ4n) is 3.76. The average Bonchev–Trinajstić information content (AvgIpc) is 3.05. The number of benzene rings is 1. The highest BCUT2D eigenvalue weighted by Gasteiger charge is 2.44. The van der Waals surface area contributed by atoms with E-state index in [1.807, 2.05) is 24.3 Å². The molecule has 6 heteroatoms. The van der Waals surface area contributed by atoms with Crippen LogP contribution in [0.5, 0.6) is 5.75 Å². The molecule has 148 valence electrons. The van der Waals surface area contributed by atoms with Gasteiger partial charge in [-0.15, -0.1) is 0 Å². The number of amides is 1. The SMILES string of the molecule is COc1ccc(C2=NOC(C)(C(=O)NC(C)(C)CN3CCCCC3)C2)cc1. The van der Waals surface area contributed by atoms with Crippen LogP contribution in [0.1, 0.15) is 52.0 Å². The van der Waals surface area contributed by atoms with E-state index in [9.17, 15) is 4.79 Å². The molecule has 2 aliphatic rings. The molecule has 2 aliphatic heterocycles. The van der Waals surface area contributed by atoms with Crippen LogP contribution in [-0.4, -0.2) is 54.4 Å². The second-order valence-corrected chi connectivity index (χ2v) is 8.44. The van der Waals surface area contributed by atoms with Crippen molar-refractivity contribution in [1.82, 2.24) is 10.2 Å². The quantitative estimate of drug-likeness (QED) is 0.833. The molecule has 0 saturated carbocycles. The molecule has 1 N–H and O–H groups in total. The Labute approximate surface area is 161 Å².